The Balaban J connectivity index is 0.00000187. The molecule has 5 atom stereocenters. The zero-order chi connectivity index (χ0) is 24.8. The second kappa shape index (κ2) is 12.2. The summed E-state index contributed by atoms with van der Waals surface area (Å²) in [6.45, 7) is 10.5. The molecule has 3 rings (SSSR count). The van der Waals surface area contributed by atoms with Gasteiger partial charge in [0.05, 0.1) is 21.5 Å². The number of nitrogens with one attached hydrogen (secondary N) is 1. The molecule has 0 radical (unpaired) electrons. The van der Waals surface area contributed by atoms with E-state index in [1.54, 1.807) is 0 Å². The molecule has 2 aliphatic heterocycles. The molecule has 1 N–H and O–H groups in total. The third-order valence-electron chi connectivity index (χ3n) is 6.50. The van der Waals surface area contributed by atoms with Gasteiger partial charge in [0.15, 0.2) is 0 Å². The third kappa shape index (κ3) is 7.85. The van der Waals surface area contributed by atoms with E-state index in [1.165, 1.54) is 5.56 Å². The zero-order valence-electron chi connectivity index (χ0n) is 21.6. The van der Waals surface area contributed by atoms with Crippen LogP contribution in [-0.2, 0) is 27.4 Å². The van der Waals surface area contributed by atoms with E-state index in [2.05, 4.69) is 16.9 Å². The maximum absolute atomic E-state index is 13.1. The largest absolute Gasteiger partial charge is 0.308 e. The van der Waals surface area contributed by atoms with Crippen LogP contribution < -0.4 is 4.72 Å². The van der Waals surface area contributed by atoms with Gasteiger partial charge in [0, 0.05) is 24.7 Å². The molecule has 0 amide bonds. The summed E-state index contributed by atoms with van der Waals surface area (Å²) in [5.41, 5.74) is 1.22. The predicted octanol–water partition coefficient (Wildman–Crippen LogP) is 3.81. The maximum atomic E-state index is 13.1. The van der Waals surface area contributed by atoms with Crippen LogP contribution in [0, 0.1) is 5.92 Å². The zero-order valence-corrected chi connectivity index (χ0v) is 23.2. The van der Waals surface area contributed by atoms with E-state index in [4.69, 9.17) is 0 Å². The highest BCUT2D eigenvalue weighted by molar-refractivity contribution is 7.89. The molecule has 0 spiro atoms. The highest BCUT2D eigenvalue weighted by Crippen LogP contribution is 2.42. The summed E-state index contributed by atoms with van der Waals surface area (Å²) < 4.78 is 44.0. The number of hydrogen-bond acceptors (Lipinski definition) is 4. The number of benzene rings is 1. The summed E-state index contributed by atoms with van der Waals surface area (Å²) in [7, 11) is -0.607. The van der Waals surface area contributed by atoms with Crippen LogP contribution in [0.5, 0.6) is 0 Å². The van der Waals surface area contributed by atoms with Gasteiger partial charge in [-0.05, 0) is 78.5 Å². The Morgan fingerprint density at radius 1 is 1.09 bits per heavy atom. The number of sulfonamides is 1. The standard InChI is InChI=1S/C23H39N3O3S2.C2H6/c1-23(2,3)30(27)24-22(15-18-9-7-6-8-10-18)19-16-20-11-12-21(17-19)26(20)31(28,29)14-13-25(4)5;1-2/h6-10,19-22,24H,11-17H2,1-5H3;1-2H3/t19?,20-,21+,22-,30+;/m1./s1. The van der Waals surface area contributed by atoms with Gasteiger partial charge in [0.25, 0.3) is 0 Å². The lowest BCUT2D eigenvalue weighted by Crippen LogP contribution is -2.53. The first-order valence-electron chi connectivity index (χ1n) is 12.4. The molecule has 0 saturated carbocycles. The van der Waals surface area contributed by atoms with Gasteiger partial charge in [-0.3, -0.25) is 0 Å². The fourth-order valence-corrected chi connectivity index (χ4v) is 7.85. The SMILES string of the molecule is CC.CN(C)CCS(=O)(=O)N1[C@@H]2CC[C@H]1CC([C@@H](Cc1ccccc1)N[S@@](=O)C(C)(C)C)C2. The summed E-state index contributed by atoms with van der Waals surface area (Å²) in [5.74, 6) is 0.488. The molecule has 33 heavy (non-hydrogen) atoms. The Kier molecular flexibility index (Phi) is 10.6. The summed E-state index contributed by atoms with van der Waals surface area (Å²) in [6.07, 6.45) is 4.35. The van der Waals surface area contributed by atoms with Gasteiger partial charge in [-0.1, -0.05) is 44.2 Å². The molecule has 0 aliphatic carbocycles. The van der Waals surface area contributed by atoms with E-state index in [-0.39, 0.29) is 28.6 Å². The van der Waals surface area contributed by atoms with Gasteiger partial charge in [-0.2, -0.15) is 4.31 Å². The molecule has 1 aromatic carbocycles. The molecule has 8 heteroatoms. The molecule has 2 bridgehead atoms. The summed E-state index contributed by atoms with van der Waals surface area (Å²) in [6, 6.07) is 10.5. The van der Waals surface area contributed by atoms with E-state index in [9.17, 15) is 12.6 Å². The topological polar surface area (TPSA) is 69.7 Å². The van der Waals surface area contributed by atoms with E-state index >= 15 is 0 Å². The minimum absolute atomic E-state index is 0.0668. The molecule has 6 nitrogen and oxygen atoms in total. The van der Waals surface area contributed by atoms with Crippen molar-refractivity contribution in [3.05, 3.63) is 35.9 Å². The molecule has 2 heterocycles. The van der Waals surface area contributed by atoms with Crippen LogP contribution in [0.15, 0.2) is 30.3 Å². The normalized spacial score (nSPS) is 25.4. The van der Waals surface area contributed by atoms with Gasteiger partial charge in [-0.15, -0.1) is 0 Å². The number of rotatable bonds is 9. The van der Waals surface area contributed by atoms with E-state index in [0.29, 0.717) is 12.5 Å². The Morgan fingerprint density at radius 2 is 1.64 bits per heavy atom. The minimum Gasteiger partial charge on any atom is -0.308 e. The molecule has 2 aliphatic rings. The number of hydrogen-bond donors (Lipinski definition) is 1. The quantitative estimate of drug-likeness (QED) is 0.561. The average Bonchev–Trinajstić information content (AvgIpc) is 3.04. The van der Waals surface area contributed by atoms with E-state index in [1.807, 2.05) is 76.1 Å². The van der Waals surface area contributed by atoms with Crippen molar-refractivity contribution >= 4 is 21.0 Å². The number of piperidine rings is 1. The molecule has 2 saturated heterocycles. The fourth-order valence-electron chi connectivity index (χ4n) is 4.85. The highest BCUT2D eigenvalue weighted by Gasteiger charge is 2.48. The minimum atomic E-state index is -3.26. The first-order chi connectivity index (χ1) is 15.5. The van der Waals surface area contributed by atoms with Crippen molar-refractivity contribution in [3.63, 3.8) is 0 Å². The first kappa shape index (κ1) is 28.4. The van der Waals surface area contributed by atoms with Crippen LogP contribution in [0.1, 0.15) is 65.9 Å². The molecular formula is C25H45N3O3S2. The van der Waals surface area contributed by atoms with E-state index < -0.39 is 21.0 Å². The monoisotopic (exact) mass is 499 g/mol. The van der Waals surface area contributed by atoms with Crippen molar-refractivity contribution in [2.45, 2.75) is 89.6 Å². The van der Waals surface area contributed by atoms with Crippen molar-refractivity contribution in [1.29, 1.82) is 0 Å². The van der Waals surface area contributed by atoms with Crippen LogP contribution in [-0.4, -0.2) is 71.1 Å². The van der Waals surface area contributed by atoms with Crippen molar-refractivity contribution in [1.82, 2.24) is 13.9 Å². The third-order valence-corrected chi connectivity index (χ3v) is 10.1. The van der Waals surface area contributed by atoms with Crippen LogP contribution >= 0.6 is 0 Å². The van der Waals surface area contributed by atoms with E-state index in [0.717, 1.165) is 32.1 Å². The van der Waals surface area contributed by atoms with Gasteiger partial charge in [0.2, 0.25) is 10.0 Å². The Hall–Kier alpha value is -0.800. The molecule has 1 aromatic rings. The lowest BCUT2D eigenvalue weighted by molar-refractivity contribution is 0.166. The van der Waals surface area contributed by atoms with Crippen LogP contribution in [0.2, 0.25) is 0 Å². The second-order valence-corrected chi connectivity index (χ2v) is 14.4. The number of fused-ring (bicyclic) bond motifs is 2. The molecule has 2 fully saturated rings. The Bertz CT molecular complexity index is 839. The predicted molar refractivity (Wildman–Crippen MR) is 140 cm³/mol. The lowest BCUT2D eigenvalue weighted by Gasteiger charge is -2.41. The van der Waals surface area contributed by atoms with Crippen LogP contribution in [0.4, 0.5) is 0 Å². The summed E-state index contributed by atoms with van der Waals surface area (Å²) in [5, 5.41) is 0. The second-order valence-electron chi connectivity index (χ2n) is 10.4. The Labute approximate surface area is 205 Å². The Morgan fingerprint density at radius 3 is 2.12 bits per heavy atom. The average molecular weight is 500 g/mol. The van der Waals surface area contributed by atoms with Crippen molar-refractivity contribution in [3.8, 4) is 0 Å². The summed E-state index contributed by atoms with van der Waals surface area (Å²) >= 11 is 0. The number of nitrogens with zero attached hydrogens (tertiary/aromatic N) is 2. The molecule has 1 unspecified atom stereocenters. The molecule has 190 valence electrons. The smallest absolute Gasteiger partial charge is 0.215 e. The van der Waals surface area contributed by atoms with Crippen molar-refractivity contribution in [2.75, 3.05) is 26.4 Å². The van der Waals surface area contributed by atoms with Crippen molar-refractivity contribution in [2.24, 2.45) is 5.92 Å². The van der Waals surface area contributed by atoms with Gasteiger partial charge in [0.1, 0.15) is 0 Å². The van der Waals surface area contributed by atoms with Crippen LogP contribution in [0.3, 0.4) is 0 Å². The van der Waals surface area contributed by atoms with Gasteiger partial charge >= 0.3 is 0 Å². The van der Waals surface area contributed by atoms with Crippen LogP contribution in [0.25, 0.3) is 0 Å². The van der Waals surface area contributed by atoms with Gasteiger partial charge in [-0.25, -0.2) is 17.3 Å². The molecule has 0 aromatic heterocycles. The molecular weight excluding hydrogens is 454 g/mol. The fraction of sp³-hybridized carbons (Fsp3) is 0.760. The maximum Gasteiger partial charge on any atom is 0.215 e. The summed E-state index contributed by atoms with van der Waals surface area (Å²) in [4.78, 5) is 1.92. The van der Waals surface area contributed by atoms with Crippen molar-refractivity contribution < 1.29 is 12.6 Å². The first-order valence-corrected chi connectivity index (χ1v) is 15.1. The highest BCUT2D eigenvalue weighted by atomic mass is 32.2. The lowest BCUT2D eigenvalue weighted by atomic mass is 9.84. The van der Waals surface area contributed by atoms with Gasteiger partial charge < -0.3 is 4.90 Å².